The van der Waals surface area contributed by atoms with Gasteiger partial charge in [-0.05, 0) is 27.5 Å². The van der Waals surface area contributed by atoms with Crippen molar-refractivity contribution >= 4 is 33.8 Å². The Morgan fingerprint density at radius 1 is 0.400 bits per heavy atom. The van der Waals surface area contributed by atoms with Gasteiger partial charge in [-0.15, -0.1) is 0 Å². The highest BCUT2D eigenvalue weighted by atomic mass is 31.2. The average molecular weight is 723 g/mol. The Bertz CT molecular complexity index is 2790. The second-order valence-corrected chi connectivity index (χ2v) is 16.8. The third-order valence-electron chi connectivity index (χ3n) is 11.1. The molecule has 0 saturated heterocycles. The molecule has 0 unspecified atom stereocenters. The lowest BCUT2D eigenvalue weighted by atomic mass is 9.67. The number of hydrogen-bond donors (Lipinski definition) is 0. The number of hydrogen-bond acceptors (Lipinski definition) is 3. The zero-order chi connectivity index (χ0) is 36.8. The molecule has 0 saturated carbocycles. The Morgan fingerprint density at radius 3 is 1.47 bits per heavy atom. The molecule has 55 heavy (non-hydrogen) atoms. The zero-order valence-corrected chi connectivity index (χ0v) is 30.9. The van der Waals surface area contributed by atoms with Crippen LogP contribution in [0.1, 0.15) is 22.3 Å². The number of aromatic nitrogens is 2. The van der Waals surface area contributed by atoms with Crippen LogP contribution in [0.3, 0.4) is 0 Å². The van der Waals surface area contributed by atoms with Gasteiger partial charge < -0.3 is 4.57 Å². The fraction of sp³-hybridized carbons (Fsp3) is 0.0196. The standard InChI is InChI=1S/C51H35N2OP/c54-55(40-24-9-3-10-25-40,41-26-11-4-12-27-41)42-34-32-37(33-35-42)50-52-48(44-30-17-19-36-18-13-14-28-43(36)44)47-49(53-50)45-29-15-16-31-46(45)51(47,38-20-5-1-6-21-38)39-22-7-2-8-23-39/h1-35H. The van der Waals surface area contributed by atoms with Gasteiger partial charge in [0.05, 0.1) is 16.8 Å². The first-order valence-electron chi connectivity index (χ1n) is 18.6. The van der Waals surface area contributed by atoms with Crippen molar-refractivity contribution in [3.63, 3.8) is 0 Å². The molecule has 0 bridgehead atoms. The van der Waals surface area contributed by atoms with Crippen molar-refractivity contribution in [3.05, 3.63) is 235 Å². The van der Waals surface area contributed by atoms with Crippen LogP contribution in [0.2, 0.25) is 0 Å². The Balaban J connectivity index is 1.26. The fourth-order valence-corrected chi connectivity index (χ4v) is 11.3. The number of fused-ring (bicyclic) bond motifs is 4. The van der Waals surface area contributed by atoms with E-state index in [4.69, 9.17) is 9.97 Å². The summed E-state index contributed by atoms with van der Waals surface area (Å²) in [5.74, 6) is 0.620. The number of nitrogens with zero attached hydrogens (tertiary/aromatic N) is 2. The highest BCUT2D eigenvalue weighted by Crippen LogP contribution is 2.58. The SMILES string of the molecule is O=P(c1ccccc1)(c1ccccc1)c1ccc(-c2nc3c(c(-c4cccc5ccccc45)n2)C(c2ccccc2)(c2ccccc2)c2ccccc2-3)cc1. The average Bonchev–Trinajstić information content (AvgIpc) is 3.58. The van der Waals surface area contributed by atoms with Crippen LogP contribution in [-0.4, -0.2) is 9.97 Å². The predicted molar refractivity (Wildman–Crippen MR) is 227 cm³/mol. The smallest absolute Gasteiger partial charge is 0.171 e. The molecule has 1 aliphatic rings. The van der Waals surface area contributed by atoms with Gasteiger partial charge in [-0.3, -0.25) is 0 Å². The highest BCUT2D eigenvalue weighted by molar-refractivity contribution is 7.85. The van der Waals surface area contributed by atoms with Crippen molar-refractivity contribution in [1.29, 1.82) is 0 Å². The second-order valence-electron chi connectivity index (χ2n) is 14.0. The van der Waals surface area contributed by atoms with E-state index in [2.05, 4.69) is 127 Å². The van der Waals surface area contributed by atoms with Crippen molar-refractivity contribution in [2.45, 2.75) is 5.41 Å². The number of benzene rings is 8. The van der Waals surface area contributed by atoms with Crippen LogP contribution in [0.5, 0.6) is 0 Å². The fourth-order valence-electron chi connectivity index (χ4n) is 8.60. The van der Waals surface area contributed by atoms with Crippen LogP contribution in [0.4, 0.5) is 0 Å². The van der Waals surface area contributed by atoms with Crippen LogP contribution in [0.25, 0.3) is 44.7 Å². The first-order chi connectivity index (χ1) is 27.2. The van der Waals surface area contributed by atoms with Crippen molar-refractivity contribution in [2.75, 3.05) is 0 Å². The zero-order valence-electron chi connectivity index (χ0n) is 30.0. The minimum absolute atomic E-state index is 0.620. The molecule has 9 aromatic rings. The first kappa shape index (κ1) is 32.9. The molecule has 0 amide bonds. The Morgan fingerprint density at radius 2 is 0.855 bits per heavy atom. The molecule has 0 radical (unpaired) electrons. The van der Waals surface area contributed by atoms with Crippen molar-refractivity contribution in [2.24, 2.45) is 0 Å². The van der Waals surface area contributed by atoms with E-state index >= 15 is 4.57 Å². The summed E-state index contributed by atoms with van der Waals surface area (Å²) in [5, 5.41) is 4.65. The molecule has 1 heterocycles. The molecular formula is C51H35N2OP. The van der Waals surface area contributed by atoms with Crippen LogP contribution >= 0.6 is 7.14 Å². The van der Waals surface area contributed by atoms with Gasteiger partial charge in [0.15, 0.2) is 13.0 Å². The van der Waals surface area contributed by atoms with E-state index < -0.39 is 12.6 Å². The van der Waals surface area contributed by atoms with E-state index in [1.54, 1.807) is 0 Å². The summed E-state index contributed by atoms with van der Waals surface area (Å²) in [6.07, 6.45) is 0. The molecule has 0 fully saturated rings. The molecule has 0 aliphatic heterocycles. The van der Waals surface area contributed by atoms with Crippen molar-refractivity contribution in [3.8, 4) is 33.9 Å². The molecule has 4 heteroatoms. The van der Waals surface area contributed by atoms with Gasteiger partial charge in [0.2, 0.25) is 0 Å². The maximum Gasteiger partial charge on any atom is 0.171 e. The molecule has 0 spiro atoms. The van der Waals surface area contributed by atoms with Gasteiger partial charge in [0.1, 0.15) is 0 Å². The van der Waals surface area contributed by atoms with E-state index in [0.29, 0.717) is 5.82 Å². The van der Waals surface area contributed by atoms with Crippen LogP contribution in [-0.2, 0) is 9.98 Å². The van der Waals surface area contributed by atoms with Gasteiger partial charge in [0.25, 0.3) is 0 Å². The van der Waals surface area contributed by atoms with Crippen LogP contribution in [0, 0.1) is 0 Å². The topological polar surface area (TPSA) is 42.9 Å². The first-order valence-corrected chi connectivity index (χ1v) is 20.3. The molecular weight excluding hydrogens is 688 g/mol. The summed E-state index contributed by atoms with van der Waals surface area (Å²) in [7, 11) is -3.16. The highest BCUT2D eigenvalue weighted by Gasteiger charge is 2.49. The second kappa shape index (κ2) is 13.3. The Hall–Kier alpha value is -6.67. The monoisotopic (exact) mass is 722 g/mol. The minimum Gasteiger partial charge on any atom is -0.309 e. The number of rotatable bonds is 7. The molecule has 10 rings (SSSR count). The lowest BCUT2D eigenvalue weighted by Gasteiger charge is -2.34. The summed E-state index contributed by atoms with van der Waals surface area (Å²) in [4.78, 5) is 11.1. The van der Waals surface area contributed by atoms with Gasteiger partial charge >= 0.3 is 0 Å². The molecule has 0 atom stereocenters. The summed E-state index contributed by atoms with van der Waals surface area (Å²) >= 11 is 0. The van der Waals surface area contributed by atoms with E-state index in [-0.39, 0.29) is 0 Å². The third kappa shape index (κ3) is 5.16. The lowest BCUT2D eigenvalue weighted by molar-refractivity contribution is 0.592. The van der Waals surface area contributed by atoms with E-state index in [1.165, 1.54) is 5.56 Å². The van der Waals surface area contributed by atoms with Gasteiger partial charge in [-0.1, -0.05) is 212 Å². The third-order valence-corrected chi connectivity index (χ3v) is 14.1. The van der Waals surface area contributed by atoms with E-state index in [1.807, 2.05) is 84.9 Å². The molecule has 0 N–H and O–H groups in total. The minimum atomic E-state index is -3.16. The normalized spacial score (nSPS) is 12.9. The van der Waals surface area contributed by atoms with Gasteiger partial charge in [-0.25, -0.2) is 9.97 Å². The maximum absolute atomic E-state index is 15.2. The van der Waals surface area contributed by atoms with Gasteiger partial charge in [0, 0.05) is 38.2 Å². The summed E-state index contributed by atoms with van der Waals surface area (Å²) in [6.45, 7) is 0. The predicted octanol–water partition coefficient (Wildman–Crippen LogP) is 11.0. The van der Waals surface area contributed by atoms with Crippen LogP contribution < -0.4 is 15.9 Å². The largest absolute Gasteiger partial charge is 0.309 e. The molecule has 3 nitrogen and oxygen atoms in total. The maximum atomic E-state index is 15.2. The van der Waals surface area contributed by atoms with E-state index in [0.717, 1.165) is 71.5 Å². The summed E-state index contributed by atoms with van der Waals surface area (Å²) < 4.78 is 15.2. The lowest BCUT2D eigenvalue weighted by Crippen LogP contribution is -2.29. The summed E-state index contributed by atoms with van der Waals surface area (Å²) in [6, 6.07) is 72.9. The quantitative estimate of drug-likeness (QED) is 0.154. The Labute approximate surface area is 321 Å². The molecule has 260 valence electrons. The van der Waals surface area contributed by atoms with E-state index in [9.17, 15) is 0 Å². The molecule has 1 aliphatic carbocycles. The van der Waals surface area contributed by atoms with Gasteiger partial charge in [-0.2, -0.15) is 0 Å². The summed E-state index contributed by atoms with van der Waals surface area (Å²) in [5.41, 5.74) is 8.69. The Kier molecular flexibility index (Phi) is 7.98. The molecule has 1 aromatic heterocycles. The van der Waals surface area contributed by atoms with Crippen molar-refractivity contribution in [1.82, 2.24) is 9.97 Å². The van der Waals surface area contributed by atoms with Crippen LogP contribution in [0.15, 0.2) is 212 Å². The van der Waals surface area contributed by atoms with Crippen molar-refractivity contribution < 1.29 is 4.57 Å². The molecule has 8 aromatic carbocycles.